The van der Waals surface area contributed by atoms with Crippen LogP contribution in [-0.4, -0.2) is 29.1 Å². The highest BCUT2D eigenvalue weighted by atomic mass is 15.2. The van der Waals surface area contributed by atoms with Crippen molar-refractivity contribution in [2.24, 2.45) is 0 Å². The van der Waals surface area contributed by atoms with Gasteiger partial charge in [0, 0.05) is 43.9 Å². The Labute approximate surface area is 310 Å². The molecular formula is C48H30N6. The molecule has 0 saturated carbocycles. The molecule has 4 heterocycles. The normalized spacial score (nSPS) is 11.7. The first-order chi connectivity index (χ1) is 26.8. The van der Waals surface area contributed by atoms with Crippen LogP contribution in [0.3, 0.4) is 0 Å². The zero-order valence-electron chi connectivity index (χ0n) is 29.0. The van der Waals surface area contributed by atoms with E-state index in [4.69, 9.17) is 19.9 Å². The summed E-state index contributed by atoms with van der Waals surface area (Å²) in [5.74, 6) is 1.19. The number of hydrogen-bond acceptors (Lipinski definition) is 4. The lowest BCUT2D eigenvalue weighted by molar-refractivity contribution is 1.01. The molecule has 6 heteroatoms. The molecule has 0 radical (unpaired) electrons. The van der Waals surface area contributed by atoms with E-state index in [1.807, 2.05) is 66.7 Å². The van der Waals surface area contributed by atoms with E-state index in [1.165, 1.54) is 0 Å². The molecule has 0 aliphatic rings. The van der Waals surface area contributed by atoms with E-state index in [0.29, 0.717) is 22.8 Å². The van der Waals surface area contributed by atoms with Gasteiger partial charge in [-0.2, -0.15) is 0 Å². The van der Waals surface area contributed by atoms with Crippen LogP contribution in [0.15, 0.2) is 182 Å². The van der Waals surface area contributed by atoms with E-state index in [9.17, 15) is 0 Å². The van der Waals surface area contributed by atoms with E-state index in [2.05, 4.69) is 124 Å². The summed E-state index contributed by atoms with van der Waals surface area (Å²) < 4.78 is 4.61. The molecule has 0 N–H and O–H groups in total. The number of benzene rings is 7. The number of rotatable bonds is 5. The Kier molecular flexibility index (Phi) is 6.75. The molecule has 54 heavy (non-hydrogen) atoms. The summed E-state index contributed by atoms with van der Waals surface area (Å²) in [6, 6.07) is 63.0. The second-order valence-corrected chi connectivity index (χ2v) is 13.5. The molecule has 4 aromatic heterocycles. The van der Waals surface area contributed by atoms with E-state index >= 15 is 0 Å². The lowest BCUT2D eigenvalue weighted by atomic mass is 10.1. The molecule has 11 aromatic rings. The largest absolute Gasteiger partial charge is 0.309 e. The fourth-order valence-electron chi connectivity index (χ4n) is 7.99. The van der Waals surface area contributed by atoms with Crippen LogP contribution in [0.25, 0.3) is 100 Å². The van der Waals surface area contributed by atoms with Gasteiger partial charge in [-0.05, 0) is 30.3 Å². The number of hydrogen-bond donors (Lipinski definition) is 0. The van der Waals surface area contributed by atoms with Crippen molar-refractivity contribution in [3.05, 3.63) is 182 Å². The fourth-order valence-corrected chi connectivity index (χ4v) is 7.99. The molecule has 0 aliphatic heterocycles. The molecule has 0 spiro atoms. The van der Waals surface area contributed by atoms with Gasteiger partial charge in [0.15, 0.2) is 5.82 Å². The van der Waals surface area contributed by atoms with Gasteiger partial charge in [-0.3, -0.25) is 4.57 Å². The van der Waals surface area contributed by atoms with Crippen LogP contribution >= 0.6 is 0 Å². The Balaban J connectivity index is 1.32. The third kappa shape index (κ3) is 4.60. The van der Waals surface area contributed by atoms with Gasteiger partial charge < -0.3 is 4.57 Å². The standard InChI is InChI=1S/C48H30N6/c1-5-17-31(18-6-1)42-45-44(50-47(49-42)33-21-9-3-10-22-33)43(32-19-7-2-8-20-32)51-48(52-45)54-38-27-15-13-25-35(38)36-29-30-40-41(46(36)54)37-26-14-16-28-39(37)53(40)34-23-11-4-12-24-34/h1-30H. The minimum absolute atomic E-state index is 0.560. The van der Waals surface area contributed by atoms with E-state index in [-0.39, 0.29) is 0 Å². The van der Waals surface area contributed by atoms with Gasteiger partial charge in [-0.1, -0.05) is 152 Å². The predicted molar refractivity (Wildman–Crippen MR) is 220 cm³/mol. The maximum Gasteiger partial charge on any atom is 0.236 e. The van der Waals surface area contributed by atoms with Gasteiger partial charge in [-0.15, -0.1) is 0 Å². The van der Waals surface area contributed by atoms with Crippen molar-refractivity contribution in [3.8, 4) is 45.5 Å². The predicted octanol–water partition coefficient (Wildman–Crippen LogP) is 11.6. The topological polar surface area (TPSA) is 61.4 Å². The van der Waals surface area contributed by atoms with E-state index < -0.39 is 0 Å². The number of nitrogens with zero attached hydrogens (tertiary/aromatic N) is 6. The Morgan fingerprint density at radius 1 is 0.333 bits per heavy atom. The SMILES string of the molecule is c1ccc(-c2nc(-c3ccccc3)c3nc(-n4c5ccccc5c5ccc6c(c7ccccc7n6-c6ccccc6)c54)nc(-c4ccccc4)c3n2)cc1. The average Bonchev–Trinajstić information content (AvgIpc) is 3.77. The summed E-state index contributed by atoms with van der Waals surface area (Å²) in [6.07, 6.45) is 0. The first kappa shape index (κ1) is 30.2. The molecular weight excluding hydrogens is 661 g/mol. The molecule has 0 saturated heterocycles. The highest BCUT2D eigenvalue weighted by molar-refractivity contribution is 6.26. The van der Waals surface area contributed by atoms with Crippen molar-refractivity contribution in [2.75, 3.05) is 0 Å². The molecule has 0 bridgehead atoms. The third-order valence-electron chi connectivity index (χ3n) is 10.3. The molecule has 252 valence electrons. The van der Waals surface area contributed by atoms with Gasteiger partial charge >= 0.3 is 0 Å². The van der Waals surface area contributed by atoms with Crippen molar-refractivity contribution in [3.63, 3.8) is 0 Å². The van der Waals surface area contributed by atoms with Crippen molar-refractivity contribution < 1.29 is 0 Å². The smallest absolute Gasteiger partial charge is 0.236 e. The van der Waals surface area contributed by atoms with Crippen LogP contribution in [0.2, 0.25) is 0 Å². The van der Waals surface area contributed by atoms with Crippen LogP contribution in [0.4, 0.5) is 0 Å². The zero-order valence-corrected chi connectivity index (χ0v) is 29.0. The number of aromatic nitrogens is 6. The average molecular weight is 691 g/mol. The lowest BCUT2D eigenvalue weighted by Crippen LogP contribution is -2.07. The second-order valence-electron chi connectivity index (χ2n) is 13.5. The van der Waals surface area contributed by atoms with Gasteiger partial charge in [0.05, 0.1) is 22.1 Å². The summed E-state index contributed by atoms with van der Waals surface area (Å²) in [7, 11) is 0. The quantitative estimate of drug-likeness (QED) is 0.180. The summed E-state index contributed by atoms with van der Waals surface area (Å²) in [6.45, 7) is 0. The molecule has 0 amide bonds. The molecule has 11 rings (SSSR count). The van der Waals surface area contributed by atoms with Crippen LogP contribution in [-0.2, 0) is 0 Å². The Bertz CT molecular complexity index is 3190. The Morgan fingerprint density at radius 2 is 0.852 bits per heavy atom. The third-order valence-corrected chi connectivity index (χ3v) is 10.3. The van der Waals surface area contributed by atoms with Gasteiger partial charge in [0.1, 0.15) is 22.4 Å². The zero-order chi connectivity index (χ0) is 35.6. The fraction of sp³-hybridized carbons (Fsp3) is 0. The molecule has 6 nitrogen and oxygen atoms in total. The van der Waals surface area contributed by atoms with Crippen LogP contribution in [0.1, 0.15) is 0 Å². The van der Waals surface area contributed by atoms with Crippen LogP contribution in [0.5, 0.6) is 0 Å². The van der Waals surface area contributed by atoms with Gasteiger partial charge in [-0.25, -0.2) is 19.9 Å². The highest BCUT2D eigenvalue weighted by Gasteiger charge is 2.25. The van der Waals surface area contributed by atoms with Crippen molar-refractivity contribution in [2.45, 2.75) is 0 Å². The summed E-state index contributed by atoms with van der Waals surface area (Å²) >= 11 is 0. The van der Waals surface area contributed by atoms with Gasteiger partial charge in [0.2, 0.25) is 5.95 Å². The first-order valence-electron chi connectivity index (χ1n) is 18.1. The number of para-hydroxylation sites is 3. The van der Waals surface area contributed by atoms with Gasteiger partial charge in [0.25, 0.3) is 0 Å². The molecule has 0 fully saturated rings. The van der Waals surface area contributed by atoms with Crippen molar-refractivity contribution in [1.29, 1.82) is 0 Å². The Morgan fingerprint density at radius 3 is 1.52 bits per heavy atom. The minimum atomic E-state index is 0.560. The maximum absolute atomic E-state index is 5.49. The Hall–Kier alpha value is -7.44. The lowest BCUT2D eigenvalue weighted by Gasteiger charge is -2.15. The molecule has 0 atom stereocenters. The summed E-state index contributed by atoms with van der Waals surface area (Å²) in [4.78, 5) is 21.4. The summed E-state index contributed by atoms with van der Waals surface area (Å²) in [5, 5.41) is 4.58. The van der Waals surface area contributed by atoms with Crippen LogP contribution in [0, 0.1) is 0 Å². The maximum atomic E-state index is 5.49. The van der Waals surface area contributed by atoms with Crippen molar-refractivity contribution >= 4 is 54.6 Å². The van der Waals surface area contributed by atoms with E-state index in [0.717, 1.165) is 77.4 Å². The van der Waals surface area contributed by atoms with E-state index in [1.54, 1.807) is 0 Å². The second kappa shape index (κ2) is 12.1. The summed E-state index contributed by atoms with van der Waals surface area (Å²) in [5.41, 5.74) is 11.2. The first-order valence-corrected chi connectivity index (χ1v) is 18.1. The monoisotopic (exact) mass is 690 g/mol. The number of fused-ring (bicyclic) bond motifs is 8. The molecule has 7 aromatic carbocycles. The molecule has 0 unspecified atom stereocenters. The van der Waals surface area contributed by atoms with Crippen LogP contribution < -0.4 is 0 Å². The highest BCUT2D eigenvalue weighted by Crippen LogP contribution is 2.42. The minimum Gasteiger partial charge on any atom is -0.309 e. The van der Waals surface area contributed by atoms with Crippen molar-refractivity contribution in [1.82, 2.24) is 29.1 Å². The molecule has 0 aliphatic carbocycles.